The molecule has 0 atom stereocenters. The van der Waals surface area contributed by atoms with Crippen LogP contribution < -0.4 is 20.7 Å². The Labute approximate surface area is 138 Å². The Kier molecular flexibility index (Phi) is 4.15. The highest BCUT2D eigenvalue weighted by atomic mass is 16.5. The fourth-order valence-corrected chi connectivity index (χ4v) is 2.31. The summed E-state index contributed by atoms with van der Waals surface area (Å²) in [6.07, 6.45) is 0. The van der Waals surface area contributed by atoms with Gasteiger partial charge in [0.15, 0.2) is 6.61 Å². The van der Waals surface area contributed by atoms with E-state index in [0.717, 1.165) is 0 Å². The predicted molar refractivity (Wildman–Crippen MR) is 89.3 cm³/mol. The van der Waals surface area contributed by atoms with E-state index in [1.807, 2.05) is 0 Å². The van der Waals surface area contributed by atoms with Crippen LogP contribution in [-0.2, 0) is 9.59 Å². The average Bonchev–Trinajstić information content (AvgIpc) is 2.55. The van der Waals surface area contributed by atoms with Gasteiger partial charge in [-0.05, 0) is 36.4 Å². The number of carbonyl (C=O) groups is 3. The maximum absolute atomic E-state index is 12.4. The molecule has 3 amide bonds. The normalized spacial score (nSPS) is 12.5. The summed E-state index contributed by atoms with van der Waals surface area (Å²) < 4.78 is 5.31. The Bertz CT molecular complexity index is 815. The van der Waals surface area contributed by atoms with Crippen LogP contribution in [0.3, 0.4) is 0 Å². The van der Waals surface area contributed by atoms with E-state index in [1.165, 1.54) is 6.92 Å². The Morgan fingerprint density at radius 1 is 1.08 bits per heavy atom. The molecule has 0 fully saturated rings. The number of carbonyl (C=O) groups excluding carboxylic acids is 3. The zero-order valence-electron chi connectivity index (χ0n) is 12.9. The van der Waals surface area contributed by atoms with Gasteiger partial charge < -0.3 is 20.7 Å². The topological polar surface area (TPSA) is 96.5 Å². The van der Waals surface area contributed by atoms with Gasteiger partial charge in [-0.1, -0.05) is 6.07 Å². The van der Waals surface area contributed by atoms with Crippen molar-refractivity contribution >= 4 is 34.8 Å². The largest absolute Gasteiger partial charge is 0.481 e. The maximum atomic E-state index is 12.4. The molecule has 0 spiro atoms. The fourth-order valence-electron chi connectivity index (χ4n) is 2.31. The molecule has 0 saturated carbocycles. The number of anilines is 3. The number of hydrogen-bond donors (Lipinski definition) is 3. The highest BCUT2D eigenvalue weighted by Crippen LogP contribution is 2.35. The first-order valence-corrected chi connectivity index (χ1v) is 7.27. The molecular formula is C17H15N3O4. The van der Waals surface area contributed by atoms with Crippen molar-refractivity contribution in [1.29, 1.82) is 0 Å². The molecule has 0 saturated heterocycles. The van der Waals surface area contributed by atoms with Crippen LogP contribution in [0.1, 0.15) is 17.3 Å². The quantitative estimate of drug-likeness (QED) is 0.806. The van der Waals surface area contributed by atoms with Gasteiger partial charge >= 0.3 is 0 Å². The van der Waals surface area contributed by atoms with Crippen LogP contribution in [0.25, 0.3) is 0 Å². The van der Waals surface area contributed by atoms with Crippen molar-refractivity contribution in [2.45, 2.75) is 6.92 Å². The zero-order chi connectivity index (χ0) is 17.1. The van der Waals surface area contributed by atoms with Gasteiger partial charge in [0.1, 0.15) is 11.4 Å². The molecule has 2 aromatic rings. The summed E-state index contributed by atoms with van der Waals surface area (Å²) in [5, 5.41) is 8.07. The van der Waals surface area contributed by atoms with Crippen molar-refractivity contribution in [1.82, 2.24) is 0 Å². The lowest BCUT2D eigenvalue weighted by atomic mass is 10.1. The lowest BCUT2D eigenvalue weighted by Crippen LogP contribution is -2.26. The number of hydrogen-bond acceptors (Lipinski definition) is 4. The van der Waals surface area contributed by atoms with Crippen LogP contribution in [0.4, 0.5) is 17.1 Å². The van der Waals surface area contributed by atoms with Gasteiger partial charge in [-0.3, -0.25) is 14.4 Å². The molecule has 24 heavy (non-hydrogen) atoms. The molecule has 0 bridgehead atoms. The molecular weight excluding hydrogens is 310 g/mol. The third-order valence-corrected chi connectivity index (χ3v) is 3.37. The van der Waals surface area contributed by atoms with Crippen LogP contribution in [0.15, 0.2) is 42.5 Å². The van der Waals surface area contributed by atoms with Gasteiger partial charge in [-0.15, -0.1) is 0 Å². The molecule has 0 aromatic heterocycles. The Morgan fingerprint density at radius 2 is 1.83 bits per heavy atom. The van der Waals surface area contributed by atoms with Crippen LogP contribution in [0, 0.1) is 0 Å². The summed E-state index contributed by atoms with van der Waals surface area (Å²) in [5.41, 5.74) is 1.93. The summed E-state index contributed by atoms with van der Waals surface area (Å²) in [7, 11) is 0. The van der Waals surface area contributed by atoms with Gasteiger partial charge in [0.2, 0.25) is 5.91 Å². The molecule has 1 aliphatic heterocycles. The number of amides is 3. The predicted octanol–water partition coefficient (Wildman–Crippen LogP) is 2.23. The number of rotatable bonds is 3. The number of benzene rings is 2. The number of para-hydroxylation sites is 1. The van der Waals surface area contributed by atoms with Crippen molar-refractivity contribution in [2.24, 2.45) is 0 Å². The highest BCUT2D eigenvalue weighted by Gasteiger charge is 2.20. The van der Waals surface area contributed by atoms with Crippen molar-refractivity contribution < 1.29 is 19.1 Å². The summed E-state index contributed by atoms with van der Waals surface area (Å²) in [6.45, 7) is 1.37. The van der Waals surface area contributed by atoms with Gasteiger partial charge in [-0.2, -0.15) is 0 Å². The van der Waals surface area contributed by atoms with Crippen LogP contribution in [0.2, 0.25) is 0 Å². The SMILES string of the molecule is CC(=O)Nc1ccc(C(=O)Nc2cccc3c2NC(=O)CO3)cc1. The lowest BCUT2D eigenvalue weighted by Gasteiger charge is -2.20. The molecule has 1 heterocycles. The second kappa shape index (κ2) is 6.41. The van der Waals surface area contributed by atoms with Crippen molar-refractivity contribution in [3.8, 4) is 5.75 Å². The van der Waals surface area contributed by atoms with Crippen molar-refractivity contribution in [2.75, 3.05) is 22.6 Å². The summed E-state index contributed by atoms with van der Waals surface area (Å²) in [4.78, 5) is 34.8. The Hall–Kier alpha value is -3.35. The van der Waals surface area contributed by atoms with E-state index in [1.54, 1.807) is 42.5 Å². The van der Waals surface area contributed by atoms with Gasteiger partial charge in [0.05, 0.1) is 5.69 Å². The molecule has 3 rings (SSSR count). The minimum Gasteiger partial charge on any atom is -0.481 e. The molecule has 0 radical (unpaired) electrons. The van der Waals surface area contributed by atoms with Gasteiger partial charge in [0, 0.05) is 18.2 Å². The fraction of sp³-hybridized carbons (Fsp3) is 0.118. The molecule has 122 valence electrons. The number of fused-ring (bicyclic) bond motifs is 1. The second-order valence-corrected chi connectivity index (χ2v) is 5.23. The molecule has 2 aromatic carbocycles. The van der Waals surface area contributed by atoms with Crippen LogP contribution in [0.5, 0.6) is 5.75 Å². The first-order valence-electron chi connectivity index (χ1n) is 7.27. The first-order chi connectivity index (χ1) is 11.5. The van der Waals surface area contributed by atoms with E-state index in [-0.39, 0.29) is 24.3 Å². The Balaban J connectivity index is 1.78. The highest BCUT2D eigenvalue weighted by molar-refractivity contribution is 6.09. The minimum atomic E-state index is -0.336. The van der Waals surface area contributed by atoms with E-state index in [9.17, 15) is 14.4 Å². The lowest BCUT2D eigenvalue weighted by molar-refractivity contribution is -0.118. The summed E-state index contributed by atoms with van der Waals surface area (Å²) in [6, 6.07) is 11.6. The van der Waals surface area contributed by atoms with E-state index in [0.29, 0.717) is 28.4 Å². The third kappa shape index (κ3) is 3.35. The smallest absolute Gasteiger partial charge is 0.262 e. The number of nitrogens with one attached hydrogen (secondary N) is 3. The summed E-state index contributed by atoms with van der Waals surface area (Å²) in [5.74, 6) is -0.284. The van der Waals surface area contributed by atoms with Crippen LogP contribution >= 0.6 is 0 Å². The van der Waals surface area contributed by atoms with Gasteiger partial charge in [-0.25, -0.2) is 0 Å². The summed E-state index contributed by atoms with van der Waals surface area (Å²) >= 11 is 0. The molecule has 0 aliphatic carbocycles. The monoisotopic (exact) mass is 325 g/mol. The molecule has 3 N–H and O–H groups in total. The van der Waals surface area contributed by atoms with E-state index in [2.05, 4.69) is 16.0 Å². The second-order valence-electron chi connectivity index (χ2n) is 5.23. The first kappa shape index (κ1) is 15.5. The average molecular weight is 325 g/mol. The van der Waals surface area contributed by atoms with Crippen molar-refractivity contribution in [3.05, 3.63) is 48.0 Å². The molecule has 0 unspecified atom stereocenters. The molecule has 7 heteroatoms. The minimum absolute atomic E-state index is 0.0466. The van der Waals surface area contributed by atoms with E-state index >= 15 is 0 Å². The van der Waals surface area contributed by atoms with Crippen molar-refractivity contribution in [3.63, 3.8) is 0 Å². The van der Waals surface area contributed by atoms with E-state index in [4.69, 9.17) is 4.74 Å². The third-order valence-electron chi connectivity index (χ3n) is 3.37. The maximum Gasteiger partial charge on any atom is 0.262 e. The van der Waals surface area contributed by atoms with E-state index < -0.39 is 0 Å². The van der Waals surface area contributed by atoms with Gasteiger partial charge in [0.25, 0.3) is 11.8 Å². The molecule has 7 nitrogen and oxygen atoms in total. The number of ether oxygens (including phenoxy) is 1. The Morgan fingerprint density at radius 3 is 2.54 bits per heavy atom. The zero-order valence-corrected chi connectivity index (χ0v) is 12.9. The molecule has 1 aliphatic rings. The van der Waals surface area contributed by atoms with Crippen LogP contribution in [-0.4, -0.2) is 24.3 Å². The standard InChI is InChI=1S/C17H15N3O4/c1-10(21)18-12-7-5-11(6-8-12)17(23)19-13-3-2-4-14-16(13)20-15(22)9-24-14/h2-8H,9H2,1H3,(H,18,21)(H,19,23)(H,20,22).